The molecular weight excluding hydrogens is 458 g/mol. The second kappa shape index (κ2) is 9.25. The number of rotatable bonds is 7. The van der Waals surface area contributed by atoms with Gasteiger partial charge < -0.3 is 14.0 Å². The minimum Gasteiger partial charge on any atom is -0.469 e. The molecule has 0 unspecified atom stereocenters. The lowest BCUT2D eigenvalue weighted by molar-refractivity contribution is 0.0912. The maximum atomic E-state index is 13.1. The van der Waals surface area contributed by atoms with Gasteiger partial charge in [0.05, 0.1) is 11.5 Å². The van der Waals surface area contributed by atoms with Gasteiger partial charge in [0.15, 0.2) is 6.61 Å². The molecule has 3 aromatic heterocycles. The van der Waals surface area contributed by atoms with Crippen LogP contribution < -0.4 is 4.74 Å². The van der Waals surface area contributed by atoms with Crippen molar-refractivity contribution in [2.45, 2.75) is 39.3 Å². The van der Waals surface area contributed by atoms with Crippen LogP contribution in [0, 0.1) is 13.8 Å². The Balaban J connectivity index is 1.37. The van der Waals surface area contributed by atoms with Gasteiger partial charge in [0.25, 0.3) is 0 Å². The van der Waals surface area contributed by atoms with Crippen LogP contribution in [0.1, 0.15) is 34.6 Å². The molecule has 4 aromatic rings. The van der Waals surface area contributed by atoms with Crippen LogP contribution in [0.4, 0.5) is 0 Å². The van der Waals surface area contributed by atoms with Crippen LogP contribution in [0.5, 0.6) is 5.88 Å². The molecule has 1 aliphatic rings. The summed E-state index contributed by atoms with van der Waals surface area (Å²) >= 11 is 7.56. The van der Waals surface area contributed by atoms with Crippen LogP contribution in [-0.4, -0.2) is 39.6 Å². The minimum absolute atomic E-state index is 0.0725. The van der Waals surface area contributed by atoms with Crippen LogP contribution in [0.3, 0.4) is 0 Å². The number of aromatic nitrogens is 3. The first-order valence-electron chi connectivity index (χ1n) is 10.9. The molecule has 1 saturated heterocycles. The fourth-order valence-corrected chi connectivity index (χ4v) is 5.40. The lowest BCUT2D eigenvalue weighted by atomic mass is 10.1. The van der Waals surface area contributed by atoms with Crippen LogP contribution >= 0.6 is 22.9 Å². The molecule has 0 saturated carbocycles. The smallest absolute Gasteiger partial charge is 0.226 e. The van der Waals surface area contributed by atoms with Crippen molar-refractivity contribution in [3.05, 3.63) is 64.0 Å². The van der Waals surface area contributed by atoms with Gasteiger partial charge in [0.1, 0.15) is 11.2 Å². The molecule has 0 spiro atoms. The van der Waals surface area contributed by atoms with E-state index in [2.05, 4.69) is 14.5 Å². The largest absolute Gasteiger partial charge is 0.469 e. The highest BCUT2D eigenvalue weighted by atomic mass is 35.5. The number of carbonyl (C=O) groups excluding carboxylic acids is 1. The number of hydrogen-bond acceptors (Lipinski definition) is 6. The normalized spacial score (nSPS) is 15.9. The Labute approximate surface area is 201 Å². The molecule has 5 rings (SSSR count). The number of hydrogen-bond donors (Lipinski definition) is 0. The van der Waals surface area contributed by atoms with Crippen molar-refractivity contribution >= 4 is 38.9 Å². The molecule has 1 fully saturated rings. The van der Waals surface area contributed by atoms with E-state index in [9.17, 15) is 4.79 Å². The Kier molecular flexibility index (Phi) is 6.19. The molecule has 1 atom stereocenters. The van der Waals surface area contributed by atoms with Gasteiger partial charge in [0.2, 0.25) is 11.7 Å². The Morgan fingerprint density at radius 2 is 2.09 bits per heavy atom. The number of fused-ring (bicyclic) bond motifs is 1. The third kappa shape index (κ3) is 4.40. The summed E-state index contributed by atoms with van der Waals surface area (Å²) in [5, 5.41) is 3.51. The van der Waals surface area contributed by atoms with E-state index in [1.165, 1.54) is 17.7 Å². The van der Waals surface area contributed by atoms with E-state index in [1.54, 1.807) is 0 Å². The molecule has 8 heteroatoms. The lowest BCUT2D eigenvalue weighted by Crippen LogP contribution is -2.18. The third-order valence-electron chi connectivity index (χ3n) is 6.11. The molecule has 0 aliphatic carbocycles. The van der Waals surface area contributed by atoms with Crippen molar-refractivity contribution in [2.75, 3.05) is 13.2 Å². The van der Waals surface area contributed by atoms with E-state index in [0.717, 1.165) is 58.7 Å². The molecule has 0 bridgehead atoms. The highest BCUT2D eigenvalue weighted by Gasteiger charge is 2.22. The summed E-state index contributed by atoms with van der Waals surface area (Å²) in [5.41, 5.74) is 4.64. The first-order chi connectivity index (χ1) is 16.0. The standard InChI is InChI=1S/C25H24ClN3O3S/c1-15-10-20(16(2)29(15)11-19-4-3-9-31-19)22(30)12-32-24-23-21(13-33-25(23)28-14-27-24)17-5-7-18(26)8-6-17/h5-8,10,13-14,19H,3-4,9,11-12H2,1-2H3/t19-/m0/s1. The van der Waals surface area contributed by atoms with Crippen LogP contribution in [0.25, 0.3) is 21.3 Å². The number of halogens is 1. The SMILES string of the molecule is Cc1cc(C(=O)COc2ncnc3scc(-c4ccc(Cl)cc4)c23)c(C)n1C[C@@H]1CCCO1. The number of nitrogens with zero attached hydrogens (tertiary/aromatic N) is 3. The summed E-state index contributed by atoms with van der Waals surface area (Å²) in [6.07, 6.45) is 3.84. The van der Waals surface area contributed by atoms with E-state index >= 15 is 0 Å². The van der Waals surface area contributed by atoms with Gasteiger partial charge in [-0.25, -0.2) is 9.97 Å². The number of thiophene rings is 1. The molecule has 1 aliphatic heterocycles. The zero-order valence-corrected chi connectivity index (χ0v) is 20.1. The summed E-state index contributed by atoms with van der Waals surface area (Å²) in [5.74, 6) is 0.337. The van der Waals surface area contributed by atoms with Crippen molar-refractivity contribution in [3.63, 3.8) is 0 Å². The van der Waals surface area contributed by atoms with Gasteiger partial charge in [-0.3, -0.25) is 4.79 Å². The highest BCUT2D eigenvalue weighted by Crippen LogP contribution is 2.37. The quantitative estimate of drug-likeness (QED) is 0.309. The van der Waals surface area contributed by atoms with Crippen molar-refractivity contribution in [3.8, 4) is 17.0 Å². The molecule has 4 heterocycles. The van der Waals surface area contributed by atoms with Crippen molar-refractivity contribution in [1.29, 1.82) is 0 Å². The molecule has 1 aromatic carbocycles. The Bertz CT molecular complexity index is 1310. The molecule has 6 nitrogen and oxygen atoms in total. The van der Waals surface area contributed by atoms with Crippen LogP contribution in [-0.2, 0) is 11.3 Å². The molecule has 170 valence electrons. The molecule has 0 N–H and O–H groups in total. The zero-order valence-electron chi connectivity index (χ0n) is 18.5. The molecule has 0 amide bonds. The number of carbonyl (C=O) groups is 1. The van der Waals surface area contributed by atoms with Gasteiger partial charge in [-0.2, -0.15) is 0 Å². The van der Waals surface area contributed by atoms with E-state index in [-0.39, 0.29) is 18.5 Å². The second-order valence-corrected chi connectivity index (χ2v) is 9.55. The average molecular weight is 482 g/mol. The van der Waals surface area contributed by atoms with Gasteiger partial charge in [-0.05, 0) is 50.5 Å². The van der Waals surface area contributed by atoms with Crippen molar-refractivity contribution < 1.29 is 14.3 Å². The topological polar surface area (TPSA) is 66.2 Å². The number of ketones is 1. The first-order valence-corrected chi connectivity index (χ1v) is 12.2. The van der Waals surface area contributed by atoms with E-state index in [1.807, 2.05) is 49.6 Å². The molecule has 33 heavy (non-hydrogen) atoms. The molecular formula is C25H24ClN3O3S. The maximum Gasteiger partial charge on any atom is 0.226 e. The van der Waals surface area contributed by atoms with E-state index < -0.39 is 0 Å². The number of Topliss-reactive ketones (excluding diaryl/α,β-unsaturated/α-hetero) is 1. The third-order valence-corrected chi connectivity index (χ3v) is 7.25. The zero-order chi connectivity index (χ0) is 22.9. The highest BCUT2D eigenvalue weighted by molar-refractivity contribution is 7.17. The maximum absolute atomic E-state index is 13.1. The van der Waals surface area contributed by atoms with E-state index in [4.69, 9.17) is 21.1 Å². The van der Waals surface area contributed by atoms with Gasteiger partial charge in [0, 0.05) is 46.1 Å². The Morgan fingerprint density at radius 3 is 2.85 bits per heavy atom. The van der Waals surface area contributed by atoms with Crippen molar-refractivity contribution in [1.82, 2.24) is 14.5 Å². The Morgan fingerprint density at radius 1 is 1.27 bits per heavy atom. The summed E-state index contributed by atoms with van der Waals surface area (Å²) in [7, 11) is 0. The van der Waals surface area contributed by atoms with Gasteiger partial charge in [-0.1, -0.05) is 23.7 Å². The second-order valence-electron chi connectivity index (χ2n) is 8.26. The summed E-state index contributed by atoms with van der Waals surface area (Å²) < 4.78 is 13.9. The number of ether oxygens (including phenoxy) is 2. The Hall–Kier alpha value is -2.74. The fraction of sp³-hybridized carbons (Fsp3) is 0.320. The first kappa shape index (κ1) is 22.1. The summed E-state index contributed by atoms with van der Waals surface area (Å²) in [6, 6.07) is 9.54. The minimum atomic E-state index is -0.0910. The van der Waals surface area contributed by atoms with E-state index in [0.29, 0.717) is 16.5 Å². The lowest BCUT2D eigenvalue weighted by Gasteiger charge is -2.14. The molecule has 0 radical (unpaired) electrons. The van der Waals surface area contributed by atoms with Crippen LogP contribution in [0.15, 0.2) is 42.0 Å². The average Bonchev–Trinajstić information content (AvgIpc) is 3.55. The monoisotopic (exact) mass is 481 g/mol. The predicted molar refractivity (Wildman–Crippen MR) is 131 cm³/mol. The van der Waals surface area contributed by atoms with Crippen molar-refractivity contribution in [2.24, 2.45) is 0 Å². The fourth-order valence-electron chi connectivity index (χ4n) is 4.37. The number of aryl methyl sites for hydroxylation is 1. The summed E-state index contributed by atoms with van der Waals surface area (Å²) in [6.45, 7) is 5.51. The number of benzene rings is 1. The predicted octanol–water partition coefficient (Wildman–Crippen LogP) is 5.87. The van der Waals surface area contributed by atoms with Gasteiger partial charge in [-0.15, -0.1) is 11.3 Å². The van der Waals surface area contributed by atoms with Crippen LogP contribution in [0.2, 0.25) is 5.02 Å². The van der Waals surface area contributed by atoms with Gasteiger partial charge >= 0.3 is 0 Å². The summed E-state index contributed by atoms with van der Waals surface area (Å²) in [4.78, 5) is 22.6.